The van der Waals surface area contributed by atoms with Gasteiger partial charge in [0.25, 0.3) is 0 Å². The number of aliphatic hydroxyl groups is 2. The fourth-order valence-electron chi connectivity index (χ4n) is 13.9. The number of Topliss-reactive ketones (excluding diaryl/α,β-unsaturated/α-hetero) is 1. The van der Waals surface area contributed by atoms with Gasteiger partial charge in [-0.2, -0.15) is 4.31 Å². The predicted molar refractivity (Wildman–Crippen MR) is 199 cm³/mol. The number of thiophene rings is 1. The average Bonchev–Trinajstić information content (AvgIpc) is 3.62. The first-order chi connectivity index (χ1) is 23.5. The van der Waals surface area contributed by atoms with E-state index in [-0.39, 0.29) is 40.4 Å². The van der Waals surface area contributed by atoms with Gasteiger partial charge in [-0.25, -0.2) is 8.42 Å². The number of nitrogens with zero attached hydrogens (tertiary/aromatic N) is 1. The number of hydrogen-bond donors (Lipinski definition) is 2. The lowest BCUT2D eigenvalue weighted by Crippen LogP contribution is -2.67. The number of hydrogen-bond acceptors (Lipinski definition) is 6. The molecule has 8 heteroatoms. The first kappa shape index (κ1) is 34.0. The van der Waals surface area contributed by atoms with Crippen LogP contribution in [0.5, 0.6) is 0 Å². The lowest BCUT2D eigenvalue weighted by atomic mass is 9.32. The van der Waals surface area contributed by atoms with Crippen LogP contribution in [0, 0.1) is 56.7 Å². The van der Waals surface area contributed by atoms with E-state index in [0.29, 0.717) is 31.2 Å². The van der Waals surface area contributed by atoms with Crippen molar-refractivity contribution in [2.24, 2.45) is 56.7 Å². The maximum atomic E-state index is 15.0. The van der Waals surface area contributed by atoms with Gasteiger partial charge in [0, 0.05) is 39.6 Å². The summed E-state index contributed by atoms with van der Waals surface area (Å²) in [6.45, 7) is 9.93. The largest absolute Gasteiger partial charge is 0.393 e. The number of carbonyl (C=O) groups is 1. The van der Waals surface area contributed by atoms with Gasteiger partial charge < -0.3 is 10.2 Å². The van der Waals surface area contributed by atoms with Crippen molar-refractivity contribution in [2.75, 3.05) is 19.3 Å². The molecule has 50 heavy (non-hydrogen) atoms. The minimum Gasteiger partial charge on any atom is -0.393 e. The van der Waals surface area contributed by atoms with Crippen molar-refractivity contribution in [1.82, 2.24) is 4.31 Å². The molecule has 2 spiro atoms. The van der Waals surface area contributed by atoms with Crippen LogP contribution in [0.4, 0.5) is 0 Å². The first-order valence-electron chi connectivity index (χ1n) is 19.3. The second-order valence-electron chi connectivity index (χ2n) is 19.0. The van der Waals surface area contributed by atoms with Crippen molar-refractivity contribution < 1.29 is 23.4 Å². The van der Waals surface area contributed by atoms with E-state index in [0.717, 1.165) is 71.4 Å². The average molecular weight is 718 g/mol. The second-order valence-corrected chi connectivity index (χ2v) is 22.1. The summed E-state index contributed by atoms with van der Waals surface area (Å²) in [6, 6.07) is 10.2. The smallest absolute Gasteiger partial charge is 0.211 e. The van der Waals surface area contributed by atoms with Crippen molar-refractivity contribution in [2.45, 2.75) is 104 Å². The van der Waals surface area contributed by atoms with E-state index in [9.17, 15) is 18.6 Å². The highest BCUT2D eigenvalue weighted by molar-refractivity contribution is 7.88. The van der Waals surface area contributed by atoms with Crippen molar-refractivity contribution >= 4 is 37.2 Å². The van der Waals surface area contributed by atoms with Gasteiger partial charge in [-0.3, -0.25) is 4.79 Å². The highest BCUT2D eigenvalue weighted by Gasteiger charge is 2.74. The molecule has 0 amide bonds. The summed E-state index contributed by atoms with van der Waals surface area (Å²) in [5.41, 5.74) is -1.74. The molecule has 2 aromatic rings. The molecule has 1 heterocycles. The van der Waals surface area contributed by atoms with Crippen LogP contribution in [0.2, 0.25) is 0 Å². The zero-order valence-corrected chi connectivity index (χ0v) is 32.1. The Kier molecular flexibility index (Phi) is 7.23. The summed E-state index contributed by atoms with van der Waals surface area (Å²) in [7, 11) is -3.57. The number of benzene rings is 1. The number of sulfonamides is 1. The van der Waals surface area contributed by atoms with Gasteiger partial charge >= 0.3 is 0 Å². The molecule has 9 aliphatic rings. The number of carbonyl (C=O) groups excluding carboxylic acids is 1. The number of aliphatic hydroxyl groups excluding tert-OH is 1. The standard InChI is InChI=1S/C42H55NO5S2/c1-37(2)28-11-10-27(30(37)21-28)24-43(50(5,47)48)25-41(46)17-14-35-39(41,4)16-13-34-38(3)15-12-29(44)22-40(38)18-19-42(34,35)31(23-40)36(45)33-20-26-8-6-7-9-32(26)49-33/h6-9,18-20,23,27-30,34-35,44,46H,10-17,21-22,24-25H2,1-5H3/t27-,28-,29?,30-,34+,35+,38+,39-,40-,41+,42+/m0/s1. The van der Waals surface area contributed by atoms with Crippen molar-refractivity contribution in [3.8, 4) is 0 Å². The number of allylic oxidation sites excluding steroid dienone is 4. The van der Waals surface area contributed by atoms with Crippen LogP contribution in [0.1, 0.15) is 102 Å². The lowest BCUT2D eigenvalue weighted by molar-refractivity contribution is -0.174. The summed E-state index contributed by atoms with van der Waals surface area (Å²) in [6.07, 6.45) is 16.5. The molecule has 9 aliphatic carbocycles. The van der Waals surface area contributed by atoms with Gasteiger partial charge in [0.2, 0.25) is 10.0 Å². The fraction of sp³-hybridized carbons (Fsp3) is 0.690. The summed E-state index contributed by atoms with van der Waals surface area (Å²) < 4.78 is 29.9. The Morgan fingerprint density at radius 3 is 2.40 bits per heavy atom. The summed E-state index contributed by atoms with van der Waals surface area (Å²) >= 11 is 1.56. The molecule has 270 valence electrons. The number of fused-ring (bicyclic) bond motifs is 4. The van der Waals surface area contributed by atoms with Gasteiger partial charge in [0.15, 0.2) is 5.78 Å². The molecule has 11 atom stereocenters. The Hall–Kier alpha value is -1.84. The normalized spacial score (nSPS) is 45.5. The van der Waals surface area contributed by atoms with Crippen LogP contribution >= 0.6 is 11.3 Å². The highest BCUT2D eigenvalue weighted by atomic mass is 32.2. The van der Waals surface area contributed by atoms with Gasteiger partial charge in [0.05, 0.1) is 22.8 Å². The fourth-order valence-corrected chi connectivity index (χ4v) is 15.8. The van der Waals surface area contributed by atoms with Gasteiger partial charge in [-0.05, 0) is 122 Å². The molecule has 1 aromatic carbocycles. The minimum absolute atomic E-state index is 0.0102. The topological polar surface area (TPSA) is 94.9 Å². The zero-order chi connectivity index (χ0) is 35.3. The van der Waals surface area contributed by atoms with Gasteiger partial charge in [-0.15, -0.1) is 11.3 Å². The molecule has 4 bridgehead atoms. The predicted octanol–water partition coefficient (Wildman–Crippen LogP) is 8.01. The Balaban J connectivity index is 1.11. The third kappa shape index (κ3) is 4.29. The minimum atomic E-state index is -3.57. The summed E-state index contributed by atoms with van der Waals surface area (Å²) in [5, 5.41) is 25.1. The van der Waals surface area contributed by atoms with Crippen LogP contribution in [-0.2, 0) is 10.0 Å². The van der Waals surface area contributed by atoms with Crippen molar-refractivity contribution in [3.05, 3.63) is 59.0 Å². The van der Waals surface area contributed by atoms with Crippen LogP contribution in [0.3, 0.4) is 0 Å². The van der Waals surface area contributed by atoms with E-state index in [4.69, 9.17) is 0 Å². The van der Waals surface area contributed by atoms with E-state index in [2.05, 4.69) is 58.1 Å². The van der Waals surface area contributed by atoms with Crippen molar-refractivity contribution in [1.29, 1.82) is 0 Å². The summed E-state index contributed by atoms with van der Waals surface area (Å²) in [4.78, 5) is 15.8. The third-order valence-corrected chi connectivity index (χ3v) is 19.3. The Morgan fingerprint density at radius 1 is 0.960 bits per heavy atom. The Labute approximate surface area is 302 Å². The SMILES string of the molecule is CC1(C)[C@H]2CC[C@@H](CN(C[C@]3(O)CC[C@H]4[C@]56C=C[C@@]7(C=C5C(=O)c5cc8ccccc8s5)CC(O)CC[C@]7(C)[C@H]6CC[C@@]43C)S(C)(=O)=O)[C@@H]1C2. The first-order valence-corrected chi connectivity index (χ1v) is 22.0. The number of rotatable bonds is 7. The molecule has 6 nitrogen and oxygen atoms in total. The number of ketones is 1. The monoisotopic (exact) mass is 717 g/mol. The molecule has 11 rings (SSSR count). The molecule has 6 fully saturated rings. The Bertz CT molecular complexity index is 1910. The Morgan fingerprint density at radius 2 is 1.68 bits per heavy atom. The molecular weight excluding hydrogens is 663 g/mol. The van der Waals surface area contributed by atoms with Gasteiger partial charge in [0.1, 0.15) is 0 Å². The van der Waals surface area contributed by atoms with E-state index in [1.165, 1.54) is 12.7 Å². The molecule has 6 saturated carbocycles. The van der Waals surface area contributed by atoms with E-state index in [1.54, 1.807) is 15.6 Å². The van der Waals surface area contributed by atoms with E-state index >= 15 is 4.79 Å². The van der Waals surface area contributed by atoms with E-state index < -0.39 is 32.6 Å². The maximum Gasteiger partial charge on any atom is 0.211 e. The molecule has 2 N–H and O–H groups in total. The van der Waals surface area contributed by atoms with Crippen LogP contribution in [-0.4, -0.2) is 59.8 Å². The van der Waals surface area contributed by atoms with E-state index in [1.807, 2.05) is 18.2 Å². The molecule has 1 unspecified atom stereocenters. The molecule has 1 aromatic heterocycles. The molecular formula is C42H55NO5S2. The molecule has 0 radical (unpaired) electrons. The molecule has 0 aliphatic heterocycles. The summed E-state index contributed by atoms with van der Waals surface area (Å²) in [5.74, 6) is 1.86. The van der Waals surface area contributed by atoms with Crippen LogP contribution in [0.25, 0.3) is 10.1 Å². The van der Waals surface area contributed by atoms with Gasteiger partial charge in [-0.1, -0.05) is 64.1 Å². The maximum absolute atomic E-state index is 15.0. The van der Waals surface area contributed by atoms with Crippen LogP contribution in [0.15, 0.2) is 54.1 Å². The lowest BCUT2D eigenvalue weighted by Gasteiger charge is -2.71. The second kappa shape index (κ2) is 10.6. The zero-order valence-electron chi connectivity index (χ0n) is 30.5. The third-order valence-electron chi connectivity index (χ3n) is 17.0. The molecule has 0 saturated heterocycles. The van der Waals surface area contributed by atoms with Crippen LogP contribution < -0.4 is 0 Å². The van der Waals surface area contributed by atoms with Crippen molar-refractivity contribution in [3.63, 3.8) is 0 Å². The quantitative estimate of drug-likeness (QED) is 0.224. The highest BCUT2D eigenvalue weighted by Crippen LogP contribution is 2.78.